The van der Waals surface area contributed by atoms with E-state index in [1.165, 1.54) is 0 Å². The van der Waals surface area contributed by atoms with E-state index in [1.54, 1.807) is 24.8 Å². The number of carbonyl (C=O) groups is 1. The van der Waals surface area contributed by atoms with Crippen LogP contribution < -0.4 is 5.32 Å². The van der Waals surface area contributed by atoms with E-state index >= 15 is 0 Å². The van der Waals surface area contributed by atoms with Crippen LogP contribution in [0.5, 0.6) is 0 Å². The van der Waals surface area contributed by atoms with Crippen LogP contribution in [0.25, 0.3) is 22.4 Å². The highest BCUT2D eigenvalue weighted by Gasteiger charge is 2.06. The fourth-order valence-corrected chi connectivity index (χ4v) is 3.01. The summed E-state index contributed by atoms with van der Waals surface area (Å²) in [5.41, 5.74) is 6.45. The Balaban J connectivity index is 1.38. The molecule has 3 heterocycles. The van der Waals surface area contributed by atoms with Crippen LogP contribution in [-0.4, -0.2) is 26.1 Å². The summed E-state index contributed by atoms with van der Waals surface area (Å²) in [6.07, 6.45) is 7.01. The highest BCUT2D eigenvalue weighted by Crippen LogP contribution is 2.20. The first kappa shape index (κ1) is 18.4. The highest BCUT2D eigenvalue weighted by atomic mass is 16.1. The number of carbonyl (C=O) groups excluding carboxylic acids is 1. The summed E-state index contributed by atoms with van der Waals surface area (Å²) in [7, 11) is 0. The first-order valence-electron chi connectivity index (χ1n) is 9.22. The van der Waals surface area contributed by atoms with E-state index in [1.807, 2.05) is 61.5 Å². The van der Waals surface area contributed by atoms with E-state index in [9.17, 15) is 4.79 Å². The van der Waals surface area contributed by atoms with Crippen LogP contribution in [-0.2, 0) is 11.2 Å². The maximum absolute atomic E-state index is 12.4. The van der Waals surface area contributed by atoms with E-state index < -0.39 is 0 Å². The molecule has 29 heavy (non-hydrogen) atoms. The highest BCUT2D eigenvalue weighted by molar-refractivity contribution is 5.92. The second-order valence-electron chi connectivity index (χ2n) is 6.67. The zero-order chi connectivity index (χ0) is 20.1. The average molecular weight is 381 g/mol. The molecule has 0 saturated carbocycles. The van der Waals surface area contributed by atoms with Gasteiger partial charge in [0.05, 0.1) is 36.4 Å². The number of hydrogen-bond donors (Lipinski definition) is 1. The van der Waals surface area contributed by atoms with Crippen LogP contribution in [0.2, 0.25) is 0 Å². The van der Waals surface area contributed by atoms with Crippen LogP contribution in [0.3, 0.4) is 0 Å². The van der Waals surface area contributed by atoms with E-state index in [4.69, 9.17) is 0 Å². The van der Waals surface area contributed by atoms with E-state index in [0.29, 0.717) is 12.1 Å². The second kappa shape index (κ2) is 8.39. The molecule has 0 saturated heterocycles. The number of rotatable bonds is 5. The lowest BCUT2D eigenvalue weighted by molar-refractivity contribution is -0.115. The summed E-state index contributed by atoms with van der Waals surface area (Å²) >= 11 is 0. The Hall–Kier alpha value is -3.93. The smallest absolute Gasteiger partial charge is 0.228 e. The summed E-state index contributed by atoms with van der Waals surface area (Å²) in [6, 6.07) is 17.5. The normalized spacial score (nSPS) is 10.5. The lowest BCUT2D eigenvalue weighted by Crippen LogP contribution is -2.14. The Morgan fingerprint density at radius 1 is 0.828 bits per heavy atom. The first-order chi connectivity index (χ1) is 14.2. The minimum absolute atomic E-state index is 0.0855. The SMILES string of the molecule is Cc1cc(-c2ccc(CC(=O)Nc3ccc(-c4ccnnc4)nc3)cc2)ccn1. The van der Waals surface area contributed by atoms with Crippen molar-refractivity contribution in [3.05, 3.63) is 90.6 Å². The Labute approximate surface area is 168 Å². The van der Waals surface area contributed by atoms with Crippen molar-refractivity contribution < 1.29 is 4.79 Å². The predicted molar refractivity (Wildman–Crippen MR) is 112 cm³/mol. The molecule has 6 nitrogen and oxygen atoms in total. The van der Waals surface area contributed by atoms with Crippen LogP contribution >= 0.6 is 0 Å². The summed E-state index contributed by atoms with van der Waals surface area (Å²) in [5, 5.41) is 10.5. The quantitative estimate of drug-likeness (QED) is 0.563. The number of nitrogens with one attached hydrogen (secondary N) is 1. The molecular formula is C23H19N5O. The Morgan fingerprint density at radius 3 is 2.34 bits per heavy atom. The van der Waals surface area contributed by atoms with Crippen LogP contribution in [0.15, 0.2) is 79.4 Å². The summed E-state index contributed by atoms with van der Waals surface area (Å²) < 4.78 is 0. The van der Waals surface area contributed by atoms with Crippen molar-refractivity contribution in [1.82, 2.24) is 20.2 Å². The van der Waals surface area contributed by atoms with Crippen molar-refractivity contribution in [3.8, 4) is 22.4 Å². The summed E-state index contributed by atoms with van der Waals surface area (Å²) in [5.74, 6) is -0.0855. The Kier molecular flexibility index (Phi) is 5.33. The number of benzene rings is 1. The number of nitrogens with zero attached hydrogens (tertiary/aromatic N) is 4. The fourth-order valence-electron chi connectivity index (χ4n) is 3.01. The van der Waals surface area contributed by atoms with Crippen LogP contribution in [0.4, 0.5) is 5.69 Å². The van der Waals surface area contributed by atoms with E-state index in [0.717, 1.165) is 33.6 Å². The average Bonchev–Trinajstić information content (AvgIpc) is 2.75. The number of hydrogen-bond acceptors (Lipinski definition) is 5. The topological polar surface area (TPSA) is 80.7 Å². The molecule has 0 aliphatic carbocycles. The largest absolute Gasteiger partial charge is 0.324 e. The monoisotopic (exact) mass is 381 g/mol. The molecule has 0 aliphatic heterocycles. The minimum atomic E-state index is -0.0855. The Morgan fingerprint density at radius 2 is 1.66 bits per heavy atom. The standard InChI is InChI=1S/C23H19N5O/c1-16-12-19(8-10-24-16)18-4-2-17(3-5-18)13-23(29)28-21-6-7-22(25-15-21)20-9-11-26-27-14-20/h2-12,14-15H,13H2,1H3,(H,28,29). The van der Waals surface area contributed by atoms with Gasteiger partial charge >= 0.3 is 0 Å². The van der Waals surface area contributed by atoms with Gasteiger partial charge in [-0.05, 0) is 53.9 Å². The van der Waals surface area contributed by atoms with Gasteiger partial charge in [0.15, 0.2) is 0 Å². The molecule has 142 valence electrons. The van der Waals surface area contributed by atoms with Gasteiger partial charge in [0.2, 0.25) is 5.91 Å². The maximum Gasteiger partial charge on any atom is 0.228 e. The molecule has 3 aromatic heterocycles. The lowest BCUT2D eigenvalue weighted by atomic mass is 10.0. The van der Waals surface area contributed by atoms with Gasteiger partial charge in [-0.15, -0.1) is 0 Å². The van der Waals surface area contributed by atoms with Gasteiger partial charge in [-0.25, -0.2) is 0 Å². The van der Waals surface area contributed by atoms with Crippen molar-refractivity contribution in [2.45, 2.75) is 13.3 Å². The molecule has 4 aromatic rings. The van der Waals surface area contributed by atoms with Gasteiger partial charge in [0.25, 0.3) is 0 Å². The van der Waals surface area contributed by atoms with Crippen LogP contribution in [0.1, 0.15) is 11.3 Å². The van der Waals surface area contributed by atoms with Crippen molar-refractivity contribution in [1.29, 1.82) is 0 Å². The van der Waals surface area contributed by atoms with Gasteiger partial charge in [-0.2, -0.15) is 10.2 Å². The molecular weight excluding hydrogens is 362 g/mol. The molecule has 1 amide bonds. The fraction of sp³-hybridized carbons (Fsp3) is 0.0870. The molecule has 6 heteroatoms. The molecule has 0 aliphatic rings. The third-order valence-corrected chi connectivity index (χ3v) is 4.48. The molecule has 0 fully saturated rings. The van der Waals surface area contributed by atoms with Crippen molar-refractivity contribution >= 4 is 11.6 Å². The van der Waals surface area contributed by atoms with Crippen LogP contribution in [0, 0.1) is 6.92 Å². The molecule has 0 radical (unpaired) electrons. The van der Waals surface area contributed by atoms with Gasteiger partial charge < -0.3 is 5.32 Å². The molecule has 1 N–H and O–H groups in total. The number of anilines is 1. The zero-order valence-corrected chi connectivity index (χ0v) is 15.9. The van der Waals surface area contributed by atoms with Gasteiger partial charge in [0, 0.05) is 17.5 Å². The molecule has 0 atom stereocenters. The predicted octanol–water partition coefficient (Wildman–Crippen LogP) is 4.09. The van der Waals surface area contributed by atoms with Crippen molar-refractivity contribution in [2.24, 2.45) is 0 Å². The lowest BCUT2D eigenvalue weighted by Gasteiger charge is -2.07. The van der Waals surface area contributed by atoms with Gasteiger partial charge in [0.1, 0.15) is 0 Å². The molecule has 4 rings (SSSR count). The number of amides is 1. The summed E-state index contributed by atoms with van der Waals surface area (Å²) in [4.78, 5) is 21.0. The van der Waals surface area contributed by atoms with Gasteiger partial charge in [-0.3, -0.25) is 14.8 Å². The maximum atomic E-state index is 12.4. The zero-order valence-electron chi connectivity index (χ0n) is 15.9. The third kappa shape index (κ3) is 4.68. The van der Waals surface area contributed by atoms with Crippen molar-refractivity contribution in [3.63, 3.8) is 0 Å². The van der Waals surface area contributed by atoms with E-state index in [-0.39, 0.29) is 5.91 Å². The van der Waals surface area contributed by atoms with E-state index in [2.05, 4.69) is 25.5 Å². The molecule has 0 spiro atoms. The summed E-state index contributed by atoms with van der Waals surface area (Å²) in [6.45, 7) is 1.97. The van der Waals surface area contributed by atoms with Gasteiger partial charge in [-0.1, -0.05) is 24.3 Å². The number of aromatic nitrogens is 4. The first-order valence-corrected chi connectivity index (χ1v) is 9.22. The number of aryl methyl sites for hydroxylation is 1. The molecule has 0 bridgehead atoms. The second-order valence-corrected chi connectivity index (χ2v) is 6.67. The number of pyridine rings is 2. The Bertz CT molecular complexity index is 1110. The third-order valence-electron chi connectivity index (χ3n) is 4.48. The molecule has 1 aromatic carbocycles. The minimum Gasteiger partial charge on any atom is -0.324 e. The van der Waals surface area contributed by atoms with Crippen molar-refractivity contribution in [2.75, 3.05) is 5.32 Å². The molecule has 0 unspecified atom stereocenters.